The van der Waals surface area contributed by atoms with Crippen LogP contribution in [-0.2, 0) is 6.61 Å². The highest BCUT2D eigenvalue weighted by Crippen LogP contribution is 2.27. The topological polar surface area (TPSA) is 48.1 Å². The smallest absolute Gasteiger partial charge is 0.127 e. The number of nitrogens with two attached hydrogens (primary N) is 1. The lowest BCUT2D eigenvalue weighted by Crippen LogP contribution is -2.03. The number of fused-ring (bicyclic) bond motifs is 1. The molecule has 3 nitrogen and oxygen atoms in total. The molecule has 0 aliphatic rings. The normalized spacial score (nSPS) is 10.8. The fraction of sp³-hybridized carbons (Fsp3) is 0.167. The van der Waals surface area contributed by atoms with Gasteiger partial charge in [0.25, 0.3) is 0 Å². The molecule has 3 heteroatoms. The number of hydrogen-bond acceptors (Lipinski definition) is 3. The van der Waals surface area contributed by atoms with Gasteiger partial charge in [0.15, 0.2) is 0 Å². The van der Waals surface area contributed by atoms with Gasteiger partial charge in [0.2, 0.25) is 0 Å². The van der Waals surface area contributed by atoms with Gasteiger partial charge in [-0.2, -0.15) is 0 Å². The molecule has 0 unspecified atom stereocenters. The number of pyridine rings is 1. The number of aryl methyl sites for hydroxylation is 1. The van der Waals surface area contributed by atoms with Crippen molar-refractivity contribution in [2.75, 3.05) is 5.73 Å². The molecule has 0 saturated carbocycles. The van der Waals surface area contributed by atoms with E-state index in [0.29, 0.717) is 6.61 Å². The first-order valence-electron chi connectivity index (χ1n) is 6.97. The van der Waals surface area contributed by atoms with Crippen molar-refractivity contribution in [1.82, 2.24) is 4.98 Å². The molecule has 0 atom stereocenters. The van der Waals surface area contributed by atoms with Gasteiger partial charge < -0.3 is 10.5 Å². The Morgan fingerprint density at radius 1 is 1.10 bits per heavy atom. The summed E-state index contributed by atoms with van der Waals surface area (Å²) >= 11 is 0. The van der Waals surface area contributed by atoms with Gasteiger partial charge in [0.05, 0.1) is 0 Å². The first-order chi connectivity index (χ1) is 10.2. The van der Waals surface area contributed by atoms with E-state index in [1.165, 1.54) is 5.56 Å². The number of nitrogen functional groups attached to an aromatic ring is 1. The minimum atomic E-state index is 0.518. The second-order valence-electron chi connectivity index (χ2n) is 5.22. The Kier molecular flexibility index (Phi) is 3.48. The van der Waals surface area contributed by atoms with Crippen LogP contribution in [0, 0.1) is 13.8 Å². The van der Waals surface area contributed by atoms with E-state index in [9.17, 15) is 0 Å². The summed E-state index contributed by atoms with van der Waals surface area (Å²) in [6.07, 6.45) is 3.63. The molecular formula is C18H18N2O. The van der Waals surface area contributed by atoms with E-state index in [1.54, 1.807) is 6.20 Å². The van der Waals surface area contributed by atoms with Crippen LogP contribution in [0.25, 0.3) is 10.8 Å². The number of hydrogen-bond donors (Lipinski definition) is 1. The molecule has 21 heavy (non-hydrogen) atoms. The van der Waals surface area contributed by atoms with Crippen LogP contribution < -0.4 is 10.5 Å². The highest BCUT2D eigenvalue weighted by Gasteiger charge is 2.08. The molecule has 106 valence electrons. The van der Waals surface area contributed by atoms with Crippen molar-refractivity contribution in [2.24, 2.45) is 0 Å². The lowest BCUT2D eigenvalue weighted by Gasteiger charge is -2.14. The number of anilines is 1. The van der Waals surface area contributed by atoms with E-state index in [-0.39, 0.29) is 0 Å². The Labute approximate surface area is 124 Å². The van der Waals surface area contributed by atoms with E-state index in [0.717, 1.165) is 33.3 Å². The van der Waals surface area contributed by atoms with E-state index in [4.69, 9.17) is 10.5 Å². The third-order valence-corrected chi connectivity index (χ3v) is 3.89. The molecule has 0 amide bonds. The van der Waals surface area contributed by atoms with Crippen LogP contribution in [0.1, 0.15) is 16.7 Å². The molecule has 0 aliphatic heterocycles. The van der Waals surface area contributed by atoms with Crippen molar-refractivity contribution < 1.29 is 4.74 Å². The van der Waals surface area contributed by atoms with Gasteiger partial charge in [0, 0.05) is 28.9 Å². The summed E-state index contributed by atoms with van der Waals surface area (Å²) in [5.41, 5.74) is 10.2. The summed E-state index contributed by atoms with van der Waals surface area (Å²) < 4.78 is 6.04. The molecular weight excluding hydrogens is 260 g/mol. The molecule has 3 aromatic rings. The van der Waals surface area contributed by atoms with Gasteiger partial charge in [-0.3, -0.25) is 4.98 Å². The number of ether oxygens (including phenoxy) is 1. The number of aromatic nitrogens is 1. The van der Waals surface area contributed by atoms with Crippen molar-refractivity contribution in [3.05, 3.63) is 65.5 Å². The Morgan fingerprint density at radius 3 is 2.81 bits per heavy atom. The molecule has 0 radical (unpaired) electrons. The first-order valence-corrected chi connectivity index (χ1v) is 6.97. The zero-order valence-corrected chi connectivity index (χ0v) is 12.3. The minimum absolute atomic E-state index is 0.518. The Bertz CT molecular complexity index is 791. The van der Waals surface area contributed by atoms with E-state index in [2.05, 4.69) is 11.9 Å². The molecule has 3 rings (SSSR count). The number of benzene rings is 2. The van der Waals surface area contributed by atoms with Crippen LogP contribution in [0.15, 0.2) is 48.8 Å². The summed E-state index contributed by atoms with van der Waals surface area (Å²) in [6.45, 7) is 4.64. The van der Waals surface area contributed by atoms with E-state index >= 15 is 0 Å². The zero-order chi connectivity index (χ0) is 14.8. The van der Waals surface area contributed by atoms with Gasteiger partial charge in [-0.25, -0.2) is 0 Å². The molecule has 0 saturated heterocycles. The van der Waals surface area contributed by atoms with Gasteiger partial charge in [-0.15, -0.1) is 0 Å². The molecule has 0 aliphatic carbocycles. The van der Waals surface area contributed by atoms with Crippen LogP contribution in [0.4, 0.5) is 5.69 Å². The van der Waals surface area contributed by atoms with Gasteiger partial charge in [-0.1, -0.05) is 18.2 Å². The third-order valence-electron chi connectivity index (χ3n) is 3.89. The second-order valence-corrected chi connectivity index (χ2v) is 5.22. The molecule has 2 N–H and O–H groups in total. The van der Waals surface area contributed by atoms with E-state index < -0.39 is 0 Å². The number of nitrogens with zero attached hydrogens (tertiary/aromatic N) is 1. The van der Waals surface area contributed by atoms with Crippen LogP contribution in [-0.4, -0.2) is 4.98 Å². The van der Waals surface area contributed by atoms with Gasteiger partial charge in [0.1, 0.15) is 12.4 Å². The van der Waals surface area contributed by atoms with Crippen LogP contribution in [0.5, 0.6) is 5.75 Å². The first kappa shape index (κ1) is 13.4. The van der Waals surface area contributed by atoms with Crippen molar-refractivity contribution in [3.63, 3.8) is 0 Å². The van der Waals surface area contributed by atoms with Crippen molar-refractivity contribution >= 4 is 16.5 Å². The standard InChI is InChI=1S/C18H18N2O/c1-12-6-7-17(19)13(2)16(12)11-21-18-5-3-4-14-10-20-9-8-15(14)18/h3-10H,11,19H2,1-2H3. The molecule has 1 heterocycles. The zero-order valence-electron chi connectivity index (χ0n) is 12.3. The Balaban J connectivity index is 1.93. The molecule has 0 fully saturated rings. The molecule has 1 aromatic heterocycles. The maximum atomic E-state index is 6.04. The van der Waals surface area contributed by atoms with Crippen molar-refractivity contribution in [3.8, 4) is 5.75 Å². The summed E-state index contributed by atoms with van der Waals surface area (Å²) in [5, 5.41) is 2.16. The molecule has 0 bridgehead atoms. The predicted octanol–water partition coefficient (Wildman–Crippen LogP) is 4.01. The minimum Gasteiger partial charge on any atom is -0.488 e. The maximum absolute atomic E-state index is 6.04. The highest BCUT2D eigenvalue weighted by atomic mass is 16.5. The van der Waals surface area contributed by atoms with Gasteiger partial charge >= 0.3 is 0 Å². The average Bonchev–Trinajstić information content (AvgIpc) is 2.51. The van der Waals surface area contributed by atoms with Crippen molar-refractivity contribution in [1.29, 1.82) is 0 Å². The summed E-state index contributed by atoms with van der Waals surface area (Å²) in [4.78, 5) is 4.14. The lowest BCUT2D eigenvalue weighted by molar-refractivity contribution is 0.308. The fourth-order valence-electron chi connectivity index (χ4n) is 2.50. The van der Waals surface area contributed by atoms with Crippen LogP contribution in [0.2, 0.25) is 0 Å². The predicted molar refractivity (Wildman–Crippen MR) is 86.4 cm³/mol. The van der Waals surface area contributed by atoms with E-state index in [1.807, 2.05) is 49.5 Å². The Hall–Kier alpha value is -2.55. The fourth-order valence-corrected chi connectivity index (χ4v) is 2.50. The average molecular weight is 278 g/mol. The Morgan fingerprint density at radius 2 is 1.95 bits per heavy atom. The molecule has 2 aromatic carbocycles. The molecule has 0 spiro atoms. The largest absolute Gasteiger partial charge is 0.488 e. The SMILES string of the molecule is Cc1ccc(N)c(C)c1COc1cccc2cnccc12. The van der Waals surface area contributed by atoms with Crippen molar-refractivity contribution in [2.45, 2.75) is 20.5 Å². The quantitative estimate of drug-likeness (QED) is 0.736. The maximum Gasteiger partial charge on any atom is 0.127 e. The van der Waals surface area contributed by atoms with Gasteiger partial charge in [-0.05, 0) is 48.7 Å². The highest BCUT2D eigenvalue weighted by molar-refractivity contribution is 5.87. The monoisotopic (exact) mass is 278 g/mol. The second kappa shape index (κ2) is 5.44. The third kappa shape index (κ3) is 2.55. The van der Waals surface area contributed by atoms with Crippen LogP contribution in [0.3, 0.4) is 0 Å². The summed E-state index contributed by atoms with van der Waals surface area (Å²) in [6, 6.07) is 12.0. The summed E-state index contributed by atoms with van der Waals surface area (Å²) in [5.74, 6) is 0.871. The summed E-state index contributed by atoms with van der Waals surface area (Å²) in [7, 11) is 0. The number of rotatable bonds is 3. The lowest BCUT2D eigenvalue weighted by atomic mass is 10.0. The van der Waals surface area contributed by atoms with Crippen LogP contribution >= 0.6 is 0 Å².